The molecular formula is C21H17F3O9S. The third-order valence-electron chi connectivity index (χ3n) is 4.84. The van der Waals surface area contributed by atoms with Crippen LogP contribution in [0, 0.1) is 0 Å². The van der Waals surface area contributed by atoms with Crippen LogP contribution in [-0.4, -0.2) is 40.4 Å². The van der Waals surface area contributed by atoms with Crippen molar-refractivity contribution in [1.29, 1.82) is 0 Å². The van der Waals surface area contributed by atoms with E-state index in [1.54, 1.807) is 6.92 Å². The molecule has 2 aromatic carbocycles. The van der Waals surface area contributed by atoms with Crippen LogP contribution in [0.25, 0.3) is 5.76 Å². The van der Waals surface area contributed by atoms with Gasteiger partial charge in [-0.1, -0.05) is 6.07 Å². The SMILES string of the molecule is CCOc1ccc2c(c1)C(OS(=O)(=O)C(F)(F)F)=C(C(=O)OC)C(c1ccc3c(c1)OCO3)O2. The van der Waals surface area contributed by atoms with Crippen molar-refractivity contribution in [2.75, 3.05) is 20.5 Å². The maximum atomic E-state index is 13.2. The molecule has 2 aromatic rings. The average Bonchev–Trinajstić information content (AvgIpc) is 3.25. The Balaban J connectivity index is 1.95. The van der Waals surface area contributed by atoms with Gasteiger partial charge in [0.25, 0.3) is 0 Å². The van der Waals surface area contributed by atoms with Crippen LogP contribution >= 0.6 is 0 Å². The van der Waals surface area contributed by atoms with Crippen LogP contribution in [0.2, 0.25) is 0 Å². The summed E-state index contributed by atoms with van der Waals surface area (Å²) in [5.41, 5.74) is -6.35. The smallest absolute Gasteiger partial charge is 0.494 e. The highest BCUT2D eigenvalue weighted by Crippen LogP contribution is 2.47. The van der Waals surface area contributed by atoms with Gasteiger partial charge in [0.1, 0.15) is 17.1 Å². The molecule has 1 atom stereocenters. The molecule has 0 aromatic heterocycles. The molecule has 0 aliphatic carbocycles. The summed E-state index contributed by atoms with van der Waals surface area (Å²) < 4.78 is 94.6. The van der Waals surface area contributed by atoms with Crippen molar-refractivity contribution in [1.82, 2.24) is 0 Å². The van der Waals surface area contributed by atoms with Crippen molar-refractivity contribution >= 4 is 21.8 Å². The summed E-state index contributed by atoms with van der Waals surface area (Å²) >= 11 is 0. The maximum absolute atomic E-state index is 13.2. The van der Waals surface area contributed by atoms with Crippen LogP contribution in [-0.2, 0) is 23.8 Å². The summed E-state index contributed by atoms with van der Waals surface area (Å²) in [4.78, 5) is 12.7. The summed E-state index contributed by atoms with van der Waals surface area (Å²) in [6.07, 6.45) is -1.40. The predicted octanol–water partition coefficient (Wildman–Crippen LogP) is 3.70. The number of fused-ring (bicyclic) bond motifs is 2. The molecule has 0 spiro atoms. The van der Waals surface area contributed by atoms with Gasteiger partial charge in [0.15, 0.2) is 23.4 Å². The number of carbonyl (C=O) groups excluding carboxylic acids is 1. The number of alkyl halides is 3. The second-order valence-corrected chi connectivity index (χ2v) is 8.46. The molecule has 2 aliphatic heterocycles. The molecule has 0 radical (unpaired) electrons. The van der Waals surface area contributed by atoms with E-state index in [1.165, 1.54) is 36.4 Å². The average molecular weight is 502 g/mol. The normalized spacial score (nSPS) is 17.0. The third-order valence-corrected chi connectivity index (χ3v) is 5.79. The first-order chi connectivity index (χ1) is 16.1. The summed E-state index contributed by atoms with van der Waals surface area (Å²) in [6, 6.07) is 8.48. The fourth-order valence-electron chi connectivity index (χ4n) is 3.36. The molecule has 0 fully saturated rings. The highest BCUT2D eigenvalue weighted by atomic mass is 32.2. The molecule has 9 nitrogen and oxygen atoms in total. The number of benzene rings is 2. The lowest BCUT2D eigenvalue weighted by Crippen LogP contribution is -2.29. The molecular weight excluding hydrogens is 485 g/mol. The number of ether oxygens (including phenoxy) is 5. The third kappa shape index (κ3) is 4.18. The minimum absolute atomic E-state index is 0.0499. The Morgan fingerprint density at radius 3 is 2.47 bits per heavy atom. The van der Waals surface area contributed by atoms with Gasteiger partial charge in [0.2, 0.25) is 6.79 Å². The van der Waals surface area contributed by atoms with E-state index in [4.69, 9.17) is 23.7 Å². The second kappa shape index (κ2) is 8.63. The minimum Gasteiger partial charge on any atom is -0.494 e. The van der Waals surface area contributed by atoms with Crippen molar-refractivity contribution in [3.8, 4) is 23.0 Å². The second-order valence-electron chi connectivity index (χ2n) is 6.92. The Hall–Kier alpha value is -3.61. The number of hydrogen-bond acceptors (Lipinski definition) is 9. The van der Waals surface area contributed by atoms with E-state index < -0.39 is 39.0 Å². The van der Waals surface area contributed by atoms with Crippen LogP contribution in [0.1, 0.15) is 24.2 Å². The van der Waals surface area contributed by atoms with E-state index in [1.807, 2.05) is 0 Å². The van der Waals surface area contributed by atoms with Crippen LogP contribution in [0.5, 0.6) is 23.0 Å². The zero-order valence-corrected chi connectivity index (χ0v) is 18.5. The van der Waals surface area contributed by atoms with E-state index in [9.17, 15) is 26.4 Å². The summed E-state index contributed by atoms with van der Waals surface area (Å²) in [6.45, 7) is 1.84. The molecule has 2 aliphatic rings. The van der Waals surface area contributed by atoms with Crippen molar-refractivity contribution < 1.29 is 54.3 Å². The van der Waals surface area contributed by atoms with E-state index in [0.717, 1.165) is 7.11 Å². The van der Waals surface area contributed by atoms with E-state index in [2.05, 4.69) is 4.18 Å². The first-order valence-electron chi connectivity index (χ1n) is 9.72. The Labute approximate surface area is 191 Å². The van der Waals surface area contributed by atoms with Gasteiger partial charge in [-0.05, 0) is 37.3 Å². The van der Waals surface area contributed by atoms with E-state index in [-0.39, 0.29) is 36.0 Å². The Bertz CT molecular complexity index is 1270. The molecule has 0 bridgehead atoms. The van der Waals surface area contributed by atoms with Crippen molar-refractivity contribution in [2.24, 2.45) is 0 Å². The Morgan fingerprint density at radius 2 is 1.79 bits per heavy atom. The van der Waals surface area contributed by atoms with Gasteiger partial charge in [-0.15, -0.1) is 0 Å². The van der Waals surface area contributed by atoms with E-state index >= 15 is 0 Å². The number of carbonyl (C=O) groups is 1. The lowest BCUT2D eigenvalue weighted by molar-refractivity contribution is -0.137. The molecule has 34 heavy (non-hydrogen) atoms. The Morgan fingerprint density at radius 1 is 1.09 bits per heavy atom. The summed E-state index contributed by atoms with van der Waals surface area (Å²) in [5.74, 6) is -1.22. The lowest BCUT2D eigenvalue weighted by atomic mass is 9.94. The molecule has 0 saturated heterocycles. The molecule has 182 valence electrons. The van der Waals surface area contributed by atoms with Gasteiger partial charge < -0.3 is 27.9 Å². The van der Waals surface area contributed by atoms with Crippen molar-refractivity contribution in [2.45, 2.75) is 18.5 Å². The number of hydrogen-bond donors (Lipinski definition) is 0. The zero-order chi connectivity index (χ0) is 24.7. The van der Waals surface area contributed by atoms with Crippen molar-refractivity contribution in [3.63, 3.8) is 0 Å². The van der Waals surface area contributed by atoms with Gasteiger partial charge in [-0.25, -0.2) is 4.79 Å². The molecule has 0 saturated carbocycles. The van der Waals surface area contributed by atoms with Gasteiger partial charge in [-0.2, -0.15) is 21.6 Å². The molecule has 13 heteroatoms. The van der Waals surface area contributed by atoms with Crippen LogP contribution < -0.4 is 18.9 Å². The number of rotatable bonds is 6. The van der Waals surface area contributed by atoms with E-state index in [0.29, 0.717) is 11.5 Å². The first-order valence-corrected chi connectivity index (χ1v) is 11.1. The summed E-state index contributed by atoms with van der Waals surface area (Å²) in [7, 11) is -5.18. The highest BCUT2D eigenvalue weighted by Gasteiger charge is 2.51. The fraction of sp³-hybridized carbons (Fsp3) is 0.286. The Kier molecular flexibility index (Phi) is 5.98. The maximum Gasteiger partial charge on any atom is 0.534 e. The van der Waals surface area contributed by atoms with Crippen LogP contribution in [0.4, 0.5) is 13.2 Å². The number of halogens is 3. The van der Waals surface area contributed by atoms with Crippen molar-refractivity contribution in [3.05, 3.63) is 53.1 Å². The largest absolute Gasteiger partial charge is 0.534 e. The molecule has 1 unspecified atom stereocenters. The van der Waals surface area contributed by atoms with Gasteiger partial charge >= 0.3 is 21.6 Å². The monoisotopic (exact) mass is 502 g/mol. The predicted molar refractivity (Wildman–Crippen MR) is 109 cm³/mol. The zero-order valence-electron chi connectivity index (χ0n) is 17.7. The lowest BCUT2D eigenvalue weighted by Gasteiger charge is -2.30. The quantitative estimate of drug-likeness (QED) is 0.332. The summed E-state index contributed by atoms with van der Waals surface area (Å²) in [5, 5.41) is 0. The van der Waals surface area contributed by atoms with Gasteiger partial charge in [0.05, 0.1) is 19.3 Å². The van der Waals surface area contributed by atoms with Gasteiger partial charge in [0, 0.05) is 5.56 Å². The molecule has 2 heterocycles. The molecule has 4 rings (SSSR count). The van der Waals surface area contributed by atoms with Crippen LogP contribution in [0.3, 0.4) is 0 Å². The van der Waals surface area contributed by atoms with Gasteiger partial charge in [-0.3, -0.25) is 0 Å². The standard InChI is InChI=1S/C21H17F3O9S/c1-3-29-12-5-7-14-13(9-12)19(33-34(26,27)21(22,23)24)17(20(25)28-2)18(32-14)11-4-6-15-16(8-11)31-10-30-15/h4-9,18H,3,10H2,1-2H3. The van der Waals surface area contributed by atoms with Crippen LogP contribution in [0.15, 0.2) is 42.0 Å². The number of methoxy groups -OCH3 is 1. The molecule has 0 amide bonds. The minimum atomic E-state index is -6.16. The first kappa shape index (κ1) is 23.5. The fourth-order valence-corrected chi connectivity index (χ4v) is 3.86. The molecule has 0 N–H and O–H groups in total. The highest BCUT2D eigenvalue weighted by molar-refractivity contribution is 7.87. The number of esters is 1. The topological polar surface area (TPSA) is 107 Å².